The molecule has 0 atom stereocenters. The predicted molar refractivity (Wildman–Crippen MR) is 100.0 cm³/mol. The Morgan fingerprint density at radius 3 is 2.50 bits per heavy atom. The summed E-state index contributed by atoms with van der Waals surface area (Å²) in [4.78, 5) is 26.8. The van der Waals surface area contributed by atoms with E-state index < -0.39 is 22.2 Å². The molecule has 0 aliphatic heterocycles. The summed E-state index contributed by atoms with van der Waals surface area (Å²) in [7, 11) is -1.60. The number of aliphatic hydroxyl groups excluding tert-OH is 1. The molecule has 1 N–H and O–H groups in total. The van der Waals surface area contributed by atoms with Gasteiger partial charge in [-0.15, -0.1) is 9.78 Å². The number of amides is 1. The number of carbonyl (C=O) groups excluding carboxylic acids is 1. The lowest BCUT2D eigenvalue weighted by Gasteiger charge is -2.08. The highest BCUT2D eigenvalue weighted by atomic mass is 32.2. The Kier molecular flexibility index (Phi) is 6.46. The standard InChI is InChI=1S/C10H11NO.C6H8N4O5S/c1-3-9(12)7-4-5-8-6(2)10(7)11-8;1-3-15-5-7-10(6(12)9(5)2)4(11)8-16(13)14/h4-5,12H,3H2,1-2H3;3H2,1-2H3. The molecule has 0 unspecified atom stereocenters. The van der Waals surface area contributed by atoms with Crippen molar-refractivity contribution >= 4 is 33.3 Å². The topological polar surface area (TPSA) is 146 Å². The molecule has 1 aromatic carbocycles. The number of rotatable bonds is 3. The Labute approximate surface area is 160 Å². The van der Waals surface area contributed by atoms with Gasteiger partial charge < -0.3 is 9.84 Å². The van der Waals surface area contributed by atoms with Crippen molar-refractivity contribution in [3.05, 3.63) is 33.4 Å². The van der Waals surface area contributed by atoms with Crippen LogP contribution in [0, 0.1) is 6.92 Å². The number of pyridine rings is 1. The smallest absolute Gasteiger partial charge is 0.387 e. The molecule has 11 nitrogen and oxygen atoms in total. The van der Waals surface area contributed by atoms with Crippen LogP contribution in [0.25, 0.3) is 16.8 Å². The van der Waals surface area contributed by atoms with Crippen LogP contribution in [0.2, 0.25) is 0 Å². The maximum absolute atomic E-state index is 11.4. The van der Waals surface area contributed by atoms with E-state index in [1.54, 1.807) is 6.92 Å². The summed E-state index contributed by atoms with van der Waals surface area (Å²) >= 11 is 0. The normalized spacial score (nSPS) is 11.7. The van der Waals surface area contributed by atoms with Gasteiger partial charge in [-0.2, -0.15) is 8.42 Å². The first kappa shape index (κ1) is 21.0. The molecule has 0 spiro atoms. The second-order valence-corrected chi connectivity index (χ2v) is 6.19. The minimum absolute atomic E-state index is 0.0901. The number of aromatic nitrogens is 4. The van der Waals surface area contributed by atoms with Crippen molar-refractivity contribution < 1.29 is 23.1 Å². The number of hydrogen-bond donors (Lipinski definition) is 1. The number of aliphatic hydroxyl groups is 1. The number of nitrogens with zero attached hydrogens (tertiary/aromatic N) is 5. The molecule has 2 bridgehead atoms. The summed E-state index contributed by atoms with van der Waals surface area (Å²) < 4.78 is 29.1. The van der Waals surface area contributed by atoms with Crippen LogP contribution in [0.3, 0.4) is 0 Å². The molecule has 150 valence electrons. The third kappa shape index (κ3) is 4.17. The Morgan fingerprint density at radius 1 is 1.32 bits per heavy atom. The van der Waals surface area contributed by atoms with Gasteiger partial charge in [-0.3, -0.25) is 0 Å². The number of carbonyl (C=O) groups is 1. The first-order valence-corrected chi connectivity index (χ1v) is 9.29. The van der Waals surface area contributed by atoms with Gasteiger partial charge in [0.15, 0.2) is 0 Å². The maximum atomic E-state index is 11.4. The maximum Gasteiger partial charge on any atom is 0.387 e. The number of hydrogen-bond acceptors (Lipinski definition) is 8. The van der Waals surface area contributed by atoms with Crippen molar-refractivity contribution in [3.63, 3.8) is 0 Å². The van der Waals surface area contributed by atoms with Crippen LogP contribution in [-0.2, 0) is 17.5 Å². The van der Waals surface area contributed by atoms with Gasteiger partial charge in [0.05, 0.1) is 17.6 Å². The molecule has 4 rings (SSSR count). The highest BCUT2D eigenvalue weighted by Gasteiger charge is 2.16. The molecule has 0 radical (unpaired) electrons. The van der Waals surface area contributed by atoms with Crippen LogP contribution in [0.15, 0.2) is 21.3 Å². The molecule has 0 fully saturated rings. The zero-order valence-electron chi connectivity index (χ0n) is 15.7. The number of aryl methyl sites for hydroxylation is 1. The minimum Gasteiger partial charge on any atom is -0.512 e. The van der Waals surface area contributed by atoms with Crippen LogP contribution < -0.4 is 15.6 Å². The van der Waals surface area contributed by atoms with Crippen molar-refractivity contribution in [2.75, 3.05) is 6.61 Å². The van der Waals surface area contributed by atoms with E-state index in [2.05, 4.69) is 14.4 Å². The molecule has 0 aliphatic rings. The van der Waals surface area contributed by atoms with E-state index in [1.807, 2.05) is 26.0 Å². The summed E-state index contributed by atoms with van der Waals surface area (Å²) in [6, 6.07) is 2.50. The molecule has 28 heavy (non-hydrogen) atoms. The fourth-order valence-electron chi connectivity index (χ4n) is 2.35. The SMILES string of the molecule is CCC(O)=c1ccc2nc1c2C.CCOc1nn(C(=O)N=S(=O)=O)c(=O)n1C. The highest BCUT2D eigenvalue weighted by Crippen LogP contribution is 2.16. The van der Waals surface area contributed by atoms with Crippen LogP contribution in [0.1, 0.15) is 25.8 Å². The van der Waals surface area contributed by atoms with Crippen molar-refractivity contribution in [1.29, 1.82) is 0 Å². The van der Waals surface area contributed by atoms with Crippen LogP contribution in [0.5, 0.6) is 6.01 Å². The monoisotopic (exact) mass is 409 g/mol. The first-order valence-electron chi connectivity index (χ1n) is 8.26. The molecule has 0 aliphatic carbocycles. The molecule has 0 saturated heterocycles. The van der Waals surface area contributed by atoms with Gasteiger partial charge in [-0.1, -0.05) is 11.3 Å². The zero-order chi connectivity index (χ0) is 21.0. The largest absolute Gasteiger partial charge is 0.512 e. The van der Waals surface area contributed by atoms with Gasteiger partial charge >= 0.3 is 28.2 Å². The molecular weight excluding hydrogens is 390 g/mol. The lowest BCUT2D eigenvalue weighted by atomic mass is 10.1. The second-order valence-electron chi connectivity index (χ2n) is 5.58. The summed E-state index contributed by atoms with van der Waals surface area (Å²) in [5.41, 5.74) is 2.39. The molecule has 0 saturated carbocycles. The summed E-state index contributed by atoms with van der Waals surface area (Å²) in [6.07, 6.45) is 0.668. The van der Waals surface area contributed by atoms with Gasteiger partial charge in [-0.25, -0.2) is 19.1 Å². The summed E-state index contributed by atoms with van der Waals surface area (Å²) in [5, 5.41) is 13.9. The van der Waals surface area contributed by atoms with Crippen LogP contribution in [-0.4, -0.2) is 45.5 Å². The van der Waals surface area contributed by atoms with Crippen LogP contribution >= 0.6 is 0 Å². The van der Waals surface area contributed by atoms with Crippen LogP contribution in [0.4, 0.5) is 4.79 Å². The summed E-state index contributed by atoms with van der Waals surface area (Å²) in [5.74, 6) is 0.433. The first-order chi connectivity index (χ1) is 13.2. The number of fused-ring (bicyclic) bond motifs is 2. The van der Waals surface area contributed by atoms with Gasteiger partial charge in [0.25, 0.3) is 0 Å². The van der Waals surface area contributed by atoms with Crippen molar-refractivity contribution in [3.8, 4) is 6.01 Å². The third-order valence-electron chi connectivity index (χ3n) is 3.83. The fraction of sp³-hybridized carbons (Fsp3) is 0.375. The van der Waals surface area contributed by atoms with E-state index in [1.165, 1.54) is 12.6 Å². The van der Waals surface area contributed by atoms with Gasteiger partial charge in [0.1, 0.15) is 5.76 Å². The van der Waals surface area contributed by atoms with Gasteiger partial charge in [0, 0.05) is 24.3 Å². The lowest BCUT2D eigenvalue weighted by Crippen LogP contribution is -2.27. The van der Waals surface area contributed by atoms with Gasteiger partial charge in [-0.05, 0) is 26.0 Å². The third-order valence-corrected chi connectivity index (χ3v) is 4.13. The van der Waals surface area contributed by atoms with E-state index in [4.69, 9.17) is 4.74 Å². The second kappa shape index (κ2) is 8.61. The van der Waals surface area contributed by atoms with Gasteiger partial charge in [0.2, 0.25) is 0 Å². The Hall–Kier alpha value is -3.28. The van der Waals surface area contributed by atoms with Crippen molar-refractivity contribution in [2.24, 2.45) is 11.4 Å². The molecular formula is C16H19N5O6S. The predicted octanol–water partition coefficient (Wildman–Crippen LogP) is 0.787. The van der Waals surface area contributed by atoms with E-state index in [9.17, 15) is 23.1 Å². The minimum atomic E-state index is -2.93. The Bertz CT molecular complexity index is 1230. The Balaban J connectivity index is 0.000000207. The summed E-state index contributed by atoms with van der Waals surface area (Å²) in [6.45, 7) is 5.89. The van der Waals surface area contributed by atoms with Crippen molar-refractivity contribution in [1.82, 2.24) is 19.3 Å². The lowest BCUT2D eigenvalue weighted by molar-refractivity contribution is 0.246. The average Bonchev–Trinajstić information content (AvgIpc) is 2.95. The molecule has 3 aromatic heterocycles. The number of ether oxygens (including phenoxy) is 1. The highest BCUT2D eigenvalue weighted by molar-refractivity contribution is 7.62. The molecule has 3 heterocycles. The number of benzene rings is 1. The molecule has 4 aromatic rings. The van der Waals surface area contributed by atoms with E-state index in [0.29, 0.717) is 16.9 Å². The fourth-order valence-corrected chi connectivity index (χ4v) is 2.55. The van der Waals surface area contributed by atoms with E-state index >= 15 is 0 Å². The quantitative estimate of drug-likeness (QED) is 0.668. The van der Waals surface area contributed by atoms with E-state index in [0.717, 1.165) is 20.8 Å². The Morgan fingerprint density at radius 2 is 2.00 bits per heavy atom. The van der Waals surface area contributed by atoms with Crippen molar-refractivity contribution in [2.45, 2.75) is 27.2 Å². The average molecular weight is 409 g/mol. The van der Waals surface area contributed by atoms with E-state index in [-0.39, 0.29) is 12.6 Å². The molecule has 1 amide bonds. The zero-order valence-corrected chi connectivity index (χ0v) is 16.5. The molecule has 12 heteroatoms.